The molecule has 0 fully saturated rings. The molecular weight excluding hydrogens is 465 g/mol. The highest BCUT2D eigenvalue weighted by Crippen LogP contribution is 2.36. The molecule has 0 saturated heterocycles. The average Bonchev–Trinajstić information content (AvgIpc) is 2.70. The summed E-state index contributed by atoms with van der Waals surface area (Å²) >= 11 is 7.00. The van der Waals surface area contributed by atoms with Gasteiger partial charge >= 0.3 is 12.2 Å². The van der Waals surface area contributed by atoms with Crippen molar-refractivity contribution in [2.24, 2.45) is 5.73 Å². The van der Waals surface area contributed by atoms with E-state index in [1.807, 2.05) is 0 Å². The van der Waals surface area contributed by atoms with Gasteiger partial charge in [-0.3, -0.25) is 9.78 Å². The Morgan fingerprint density at radius 3 is 2.28 bits per heavy atom. The number of nitrogens with two attached hydrogens (primary N) is 1. The summed E-state index contributed by atoms with van der Waals surface area (Å²) in [6.07, 6.45) is -3.00. The molecule has 11 heteroatoms. The lowest BCUT2D eigenvalue weighted by molar-refractivity contribution is -0.137. The normalized spacial score (nSPS) is 11.1. The fourth-order valence-electron chi connectivity index (χ4n) is 2.65. The van der Waals surface area contributed by atoms with Crippen molar-refractivity contribution in [3.05, 3.63) is 77.1 Å². The number of anilines is 2. The zero-order chi connectivity index (χ0) is 23.3. The average molecular weight is 481 g/mol. The van der Waals surface area contributed by atoms with Crippen molar-refractivity contribution in [2.75, 3.05) is 10.6 Å². The number of nitrogens with zero attached hydrogens (tertiary/aromatic N) is 1. The van der Waals surface area contributed by atoms with Crippen LogP contribution >= 0.6 is 23.4 Å². The van der Waals surface area contributed by atoms with Gasteiger partial charge in [0.05, 0.1) is 22.7 Å². The van der Waals surface area contributed by atoms with Gasteiger partial charge in [0.1, 0.15) is 0 Å². The van der Waals surface area contributed by atoms with Gasteiger partial charge in [0.2, 0.25) is 5.91 Å². The van der Waals surface area contributed by atoms with Gasteiger partial charge in [0, 0.05) is 27.4 Å². The second-order valence-electron chi connectivity index (χ2n) is 6.52. The van der Waals surface area contributed by atoms with Crippen molar-refractivity contribution in [1.82, 2.24) is 4.98 Å². The Morgan fingerprint density at radius 2 is 1.62 bits per heavy atom. The molecule has 0 unspecified atom stereocenters. The molecule has 0 bridgehead atoms. The van der Waals surface area contributed by atoms with Gasteiger partial charge in [-0.05, 0) is 54.6 Å². The Bertz CT molecular complexity index is 1140. The van der Waals surface area contributed by atoms with Gasteiger partial charge in [0.25, 0.3) is 0 Å². The van der Waals surface area contributed by atoms with Gasteiger partial charge < -0.3 is 16.4 Å². The minimum atomic E-state index is -4.63. The molecule has 32 heavy (non-hydrogen) atoms. The van der Waals surface area contributed by atoms with Crippen LogP contribution in [0.5, 0.6) is 0 Å². The summed E-state index contributed by atoms with van der Waals surface area (Å²) in [6.45, 7) is 0. The second-order valence-corrected chi connectivity index (χ2v) is 8.08. The third-order valence-corrected chi connectivity index (χ3v) is 5.35. The fraction of sp³-hybridized carbons (Fsp3) is 0.0952. The highest BCUT2D eigenvalue weighted by Gasteiger charge is 2.33. The Balaban J connectivity index is 1.61. The second kappa shape index (κ2) is 9.92. The van der Waals surface area contributed by atoms with E-state index in [-0.39, 0.29) is 12.1 Å². The summed E-state index contributed by atoms with van der Waals surface area (Å²) < 4.78 is 38.8. The summed E-state index contributed by atoms with van der Waals surface area (Å²) in [7, 11) is 0. The predicted molar refractivity (Wildman–Crippen MR) is 117 cm³/mol. The third-order valence-electron chi connectivity index (χ3n) is 4.02. The molecule has 6 nitrogen and oxygen atoms in total. The molecule has 0 radical (unpaired) electrons. The quantitative estimate of drug-likeness (QED) is 0.429. The number of nitrogens with one attached hydrogen (secondary N) is 2. The summed E-state index contributed by atoms with van der Waals surface area (Å²) in [5.74, 6) is -0.471. The molecule has 0 saturated carbocycles. The maximum atomic E-state index is 12.9. The Hall–Kier alpha value is -3.24. The number of urea groups is 1. The molecule has 1 heterocycles. The summed E-state index contributed by atoms with van der Waals surface area (Å²) in [5.41, 5.74) is 5.11. The molecule has 0 aliphatic heterocycles. The number of pyridine rings is 1. The number of primary amides is 1. The van der Waals surface area contributed by atoms with E-state index in [1.165, 1.54) is 17.8 Å². The molecule has 3 aromatic rings. The van der Waals surface area contributed by atoms with Crippen molar-refractivity contribution in [3.8, 4) is 0 Å². The van der Waals surface area contributed by atoms with Gasteiger partial charge in [-0.15, -0.1) is 0 Å². The van der Waals surface area contributed by atoms with Crippen LogP contribution in [0, 0.1) is 0 Å². The zero-order valence-electron chi connectivity index (χ0n) is 16.2. The summed E-state index contributed by atoms with van der Waals surface area (Å²) in [6, 6.07) is 12.8. The van der Waals surface area contributed by atoms with E-state index in [0.29, 0.717) is 11.4 Å². The molecule has 0 atom stereocenters. The van der Waals surface area contributed by atoms with E-state index in [4.69, 9.17) is 17.3 Å². The highest BCUT2D eigenvalue weighted by atomic mass is 35.5. The van der Waals surface area contributed by atoms with Gasteiger partial charge in [0.15, 0.2) is 0 Å². The molecule has 0 spiro atoms. The van der Waals surface area contributed by atoms with E-state index in [0.717, 1.165) is 21.9 Å². The van der Waals surface area contributed by atoms with Crippen LogP contribution in [0.1, 0.15) is 11.3 Å². The number of aromatic nitrogens is 1. The van der Waals surface area contributed by atoms with Gasteiger partial charge in [-0.2, -0.15) is 13.2 Å². The number of hydrogen-bond acceptors (Lipinski definition) is 4. The lowest BCUT2D eigenvalue weighted by Crippen LogP contribution is -2.19. The van der Waals surface area contributed by atoms with Crippen LogP contribution in [-0.4, -0.2) is 16.9 Å². The number of carbonyl (C=O) groups is 2. The Kier molecular flexibility index (Phi) is 7.26. The van der Waals surface area contributed by atoms with E-state index < -0.39 is 28.7 Å². The number of alkyl halides is 3. The Morgan fingerprint density at radius 1 is 0.969 bits per heavy atom. The van der Waals surface area contributed by atoms with Crippen molar-refractivity contribution in [2.45, 2.75) is 22.4 Å². The fourth-order valence-corrected chi connectivity index (χ4v) is 3.74. The summed E-state index contributed by atoms with van der Waals surface area (Å²) in [4.78, 5) is 29.0. The van der Waals surface area contributed by atoms with E-state index in [9.17, 15) is 22.8 Å². The number of halogens is 4. The summed E-state index contributed by atoms with van der Waals surface area (Å²) in [5, 5.41) is 4.45. The molecule has 3 rings (SSSR count). The number of amides is 3. The van der Waals surface area contributed by atoms with Crippen LogP contribution in [-0.2, 0) is 17.4 Å². The largest absolute Gasteiger partial charge is 0.417 e. The minimum Gasteiger partial charge on any atom is -0.369 e. The SMILES string of the molecule is NC(=O)Cc1cc(Sc2ccc(NC(=O)Nc3ccc(Cl)c(C(F)(F)F)c3)cc2)ccn1. The highest BCUT2D eigenvalue weighted by molar-refractivity contribution is 7.99. The first-order valence-electron chi connectivity index (χ1n) is 9.06. The van der Waals surface area contributed by atoms with E-state index in [1.54, 1.807) is 42.6 Å². The van der Waals surface area contributed by atoms with Gasteiger partial charge in [-0.25, -0.2) is 4.79 Å². The lowest BCUT2D eigenvalue weighted by Gasteiger charge is -2.12. The number of carbonyl (C=O) groups excluding carboxylic acids is 2. The van der Waals surface area contributed by atoms with Crippen LogP contribution in [0.4, 0.5) is 29.3 Å². The number of rotatable bonds is 6. The van der Waals surface area contributed by atoms with Crippen LogP contribution in [0.3, 0.4) is 0 Å². The number of benzene rings is 2. The van der Waals surface area contributed by atoms with Crippen molar-refractivity contribution >= 4 is 46.7 Å². The van der Waals surface area contributed by atoms with Crippen molar-refractivity contribution in [1.29, 1.82) is 0 Å². The monoisotopic (exact) mass is 480 g/mol. The minimum absolute atomic E-state index is 0.0455. The number of hydrogen-bond donors (Lipinski definition) is 3. The Labute approximate surface area is 190 Å². The first-order chi connectivity index (χ1) is 15.1. The smallest absolute Gasteiger partial charge is 0.369 e. The topological polar surface area (TPSA) is 97.1 Å². The van der Waals surface area contributed by atoms with Crippen LogP contribution in [0.2, 0.25) is 5.02 Å². The van der Waals surface area contributed by atoms with Crippen LogP contribution < -0.4 is 16.4 Å². The maximum absolute atomic E-state index is 12.9. The molecule has 0 aliphatic rings. The maximum Gasteiger partial charge on any atom is 0.417 e. The molecule has 4 N–H and O–H groups in total. The molecule has 3 amide bonds. The molecule has 0 aliphatic carbocycles. The molecule has 1 aromatic heterocycles. The molecular formula is C21H16ClF3N4O2S. The van der Waals surface area contributed by atoms with Gasteiger partial charge in [-0.1, -0.05) is 23.4 Å². The van der Waals surface area contributed by atoms with Crippen LogP contribution in [0.25, 0.3) is 0 Å². The molecule has 166 valence electrons. The van der Waals surface area contributed by atoms with Crippen molar-refractivity contribution in [3.63, 3.8) is 0 Å². The lowest BCUT2D eigenvalue weighted by atomic mass is 10.2. The zero-order valence-corrected chi connectivity index (χ0v) is 17.8. The molecule has 2 aromatic carbocycles. The standard InChI is InChI=1S/C21H16ClF3N4O2S/c22-18-6-3-13(10-17(18)21(23,24)25)29-20(31)28-12-1-4-15(5-2-12)32-16-7-8-27-14(9-16)11-19(26)30/h1-10H,11H2,(H2,26,30)(H2,28,29,31). The van der Waals surface area contributed by atoms with Crippen LogP contribution in [0.15, 0.2) is 70.6 Å². The predicted octanol–water partition coefficient (Wildman–Crippen LogP) is 5.58. The first kappa shape index (κ1) is 23.4. The van der Waals surface area contributed by atoms with E-state index >= 15 is 0 Å². The first-order valence-corrected chi connectivity index (χ1v) is 10.3. The third kappa shape index (κ3) is 6.63. The van der Waals surface area contributed by atoms with Crippen molar-refractivity contribution < 1.29 is 22.8 Å². The van der Waals surface area contributed by atoms with E-state index in [2.05, 4.69) is 15.6 Å².